The van der Waals surface area contributed by atoms with Gasteiger partial charge in [0.1, 0.15) is 6.10 Å². The lowest BCUT2D eigenvalue weighted by molar-refractivity contribution is -0.0404. The summed E-state index contributed by atoms with van der Waals surface area (Å²) in [5.74, 6) is 1.14. The van der Waals surface area contributed by atoms with Gasteiger partial charge in [0.2, 0.25) is 5.82 Å². The largest absolute Gasteiger partial charge is 0.383 e. The van der Waals surface area contributed by atoms with E-state index in [2.05, 4.69) is 15.0 Å². The highest BCUT2D eigenvalue weighted by Crippen LogP contribution is 2.23. The fraction of sp³-hybridized carbons (Fsp3) is 0.467. The van der Waals surface area contributed by atoms with Crippen LogP contribution < -0.4 is 0 Å². The van der Waals surface area contributed by atoms with Crippen molar-refractivity contribution in [3.05, 3.63) is 36.2 Å². The van der Waals surface area contributed by atoms with Gasteiger partial charge in [-0.25, -0.2) is 0 Å². The topological polar surface area (TPSA) is 60.6 Å². The molecule has 0 amide bonds. The Balaban J connectivity index is 1.68. The van der Waals surface area contributed by atoms with Gasteiger partial charge in [-0.05, 0) is 12.1 Å². The van der Waals surface area contributed by atoms with Crippen LogP contribution in [0.4, 0.5) is 0 Å². The Morgan fingerprint density at radius 1 is 1.33 bits per heavy atom. The second-order valence-electron chi connectivity index (χ2n) is 4.98. The van der Waals surface area contributed by atoms with Crippen molar-refractivity contribution in [1.29, 1.82) is 0 Å². The van der Waals surface area contributed by atoms with E-state index in [0.717, 1.165) is 25.2 Å². The zero-order valence-corrected chi connectivity index (χ0v) is 12.1. The molecule has 6 heteroatoms. The van der Waals surface area contributed by atoms with Crippen LogP contribution in [0.3, 0.4) is 0 Å². The molecule has 0 bridgehead atoms. The molecule has 2 heterocycles. The van der Waals surface area contributed by atoms with Crippen molar-refractivity contribution in [2.24, 2.45) is 0 Å². The molecule has 1 aliphatic heterocycles. The molecule has 6 nitrogen and oxygen atoms in total. The van der Waals surface area contributed by atoms with Crippen molar-refractivity contribution in [1.82, 2.24) is 15.0 Å². The lowest BCUT2D eigenvalue weighted by Crippen LogP contribution is -2.40. The minimum Gasteiger partial charge on any atom is -0.383 e. The Hall–Kier alpha value is -1.76. The van der Waals surface area contributed by atoms with Crippen LogP contribution in [0, 0.1) is 0 Å². The van der Waals surface area contributed by atoms with Crippen LogP contribution in [-0.2, 0) is 9.47 Å². The van der Waals surface area contributed by atoms with Crippen LogP contribution in [0.1, 0.15) is 11.9 Å². The van der Waals surface area contributed by atoms with Crippen LogP contribution in [0.2, 0.25) is 0 Å². The first-order valence-corrected chi connectivity index (χ1v) is 7.09. The molecule has 0 radical (unpaired) electrons. The summed E-state index contributed by atoms with van der Waals surface area (Å²) in [6.07, 6.45) is -0.142. The summed E-state index contributed by atoms with van der Waals surface area (Å²) in [5.41, 5.74) is 0.920. The molecule has 1 atom stereocenters. The third-order valence-electron chi connectivity index (χ3n) is 3.51. The monoisotopic (exact) mass is 289 g/mol. The predicted octanol–water partition coefficient (Wildman–Crippen LogP) is 1.76. The molecule has 1 aromatic heterocycles. The summed E-state index contributed by atoms with van der Waals surface area (Å²) in [7, 11) is 1.71. The minimum atomic E-state index is -0.142. The van der Waals surface area contributed by atoms with E-state index < -0.39 is 0 Å². The summed E-state index contributed by atoms with van der Waals surface area (Å²) in [6, 6.07) is 9.75. The summed E-state index contributed by atoms with van der Waals surface area (Å²) in [5, 5.41) is 4.06. The summed E-state index contributed by atoms with van der Waals surface area (Å²) >= 11 is 0. The molecule has 0 aliphatic carbocycles. The molecule has 112 valence electrons. The molecule has 21 heavy (non-hydrogen) atoms. The van der Waals surface area contributed by atoms with E-state index in [0.29, 0.717) is 24.9 Å². The summed E-state index contributed by atoms with van der Waals surface area (Å²) in [6.45, 7) is 3.94. The quantitative estimate of drug-likeness (QED) is 0.836. The normalized spacial score (nSPS) is 19.8. The summed E-state index contributed by atoms with van der Waals surface area (Å²) in [4.78, 5) is 6.75. The van der Waals surface area contributed by atoms with Crippen molar-refractivity contribution < 1.29 is 14.0 Å². The van der Waals surface area contributed by atoms with Crippen LogP contribution >= 0.6 is 0 Å². The van der Waals surface area contributed by atoms with Crippen molar-refractivity contribution in [3.8, 4) is 11.5 Å². The van der Waals surface area contributed by atoms with E-state index in [9.17, 15) is 0 Å². The molecule has 0 N–H and O–H groups in total. The predicted molar refractivity (Wildman–Crippen MR) is 76.7 cm³/mol. The van der Waals surface area contributed by atoms with Gasteiger partial charge in [0.15, 0.2) is 0 Å². The standard InChI is InChI=1S/C15H19N3O3/c1-19-9-7-18-8-10-20-13(11-18)14-16-15(21-17-14)12-5-3-2-4-6-12/h2-6,13H,7-11H2,1H3. The first-order chi connectivity index (χ1) is 10.4. The number of nitrogens with zero attached hydrogens (tertiary/aromatic N) is 3. The Morgan fingerprint density at radius 2 is 2.19 bits per heavy atom. The van der Waals surface area contributed by atoms with Crippen LogP contribution in [-0.4, -0.2) is 55.0 Å². The highest BCUT2D eigenvalue weighted by atomic mass is 16.5. The number of aromatic nitrogens is 2. The van der Waals surface area contributed by atoms with Crippen molar-refractivity contribution in [2.45, 2.75) is 6.10 Å². The van der Waals surface area contributed by atoms with Crippen molar-refractivity contribution >= 4 is 0 Å². The number of rotatable bonds is 5. The van der Waals surface area contributed by atoms with Crippen LogP contribution in [0.5, 0.6) is 0 Å². The first-order valence-electron chi connectivity index (χ1n) is 7.09. The molecule has 1 fully saturated rings. The van der Waals surface area contributed by atoms with Gasteiger partial charge in [0.05, 0.1) is 13.2 Å². The molecule has 2 aromatic rings. The van der Waals surface area contributed by atoms with Gasteiger partial charge in [-0.2, -0.15) is 4.98 Å². The summed E-state index contributed by atoms with van der Waals surface area (Å²) < 4.78 is 16.2. The van der Waals surface area contributed by atoms with Crippen LogP contribution in [0.25, 0.3) is 11.5 Å². The Bertz CT molecular complexity index is 558. The highest BCUT2D eigenvalue weighted by molar-refractivity contribution is 5.52. The van der Waals surface area contributed by atoms with Crippen LogP contribution in [0.15, 0.2) is 34.9 Å². The van der Waals surface area contributed by atoms with E-state index in [1.165, 1.54) is 0 Å². The molecular formula is C15H19N3O3. The Labute approximate surface area is 123 Å². The maximum Gasteiger partial charge on any atom is 0.258 e. The first kappa shape index (κ1) is 14.2. The van der Waals surface area contributed by atoms with Gasteiger partial charge in [-0.3, -0.25) is 4.90 Å². The van der Waals surface area contributed by atoms with Gasteiger partial charge in [0, 0.05) is 32.3 Å². The molecule has 1 aromatic carbocycles. The Morgan fingerprint density at radius 3 is 3.00 bits per heavy atom. The van der Waals surface area contributed by atoms with E-state index >= 15 is 0 Å². The molecule has 1 unspecified atom stereocenters. The maximum atomic E-state index is 5.76. The minimum absolute atomic E-state index is 0.142. The number of hydrogen-bond donors (Lipinski definition) is 0. The number of methoxy groups -OCH3 is 1. The third-order valence-corrected chi connectivity index (χ3v) is 3.51. The van der Waals surface area contributed by atoms with Gasteiger partial charge in [-0.15, -0.1) is 0 Å². The molecule has 0 spiro atoms. The Kier molecular flexibility index (Phi) is 4.59. The van der Waals surface area contributed by atoms with E-state index in [1.807, 2.05) is 30.3 Å². The molecular weight excluding hydrogens is 270 g/mol. The molecule has 3 rings (SSSR count). The highest BCUT2D eigenvalue weighted by Gasteiger charge is 2.26. The molecule has 1 saturated heterocycles. The second kappa shape index (κ2) is 6.80. The average Bonchev–Trinajstić information content (AvgIpc) is 3.04. The lowest BCUT2D eigenvalue weighted by Gasteiger charge is -2.30. The molecule has 0 saturated carbocycles. The van der Waals surface area contributed by atoms with E-state index in [-0.39, 0.29) is 6.10 Å². The SMILES string of the molecule is COCCN1CCOC(c2noc(-c3ccccc3)n2)C1. The maximum absolute atomic E-state index is 5.76. The van der Waals surface area contributed by atoms with E-state index in [4.69, 9.17) is 14.0 Å². The lowest BCUT2D eigenvalue weighted by atomic mass is 10.2. The smallest absolute Gasteiger partial charge is 0.258 e. The fourth-order valence-corrected chi connectivity index (χ4v) is 2.35. The van der Waals surface area contributed by atoms with E-state index in [1.54, 1.807) is 7.11 Å². The number of morpholine rings is 1. The number of hydrogen-bond acceptors (Lipinski definition) is 6. The van der Waals surface area contributed by atoms with Gasteiger partial charge in [0.25, 0.3) is 5.89 Å². The van der Waals surface area contributed by atoms with Gasteiger partial charge in [-0.1, -0.05) is 23.4 Å². The average molecular weight is 289 g/mol. The number of benzene rings is 1. The fourth-order valence-electron chi connectivity index (χ4n) is 2.35. The molecule has 1 aliphatic rings. The zero-order chi connectivity index (χ0) is 14.5. The second-order valence-corrected chi connectivity index (χ2v) is 4.98. The van der Waals surface area contributed by atoms with Crippen molar-refractivity contribution in [3.63, 3.8) is 0 Å². The van der Waals surface area contributed by atoms with Gasteiger partial charge >= 0.3 is 0 Å². The van der Waals surface area contributed by atoms with Gasteiger partial charge < -0.3 is 14.0 Å². The number of ether oxygens (including phenoxy) is 2. The van der Waals surface area contributed by atoms with Crippen molar-refractivity contribution in [2.75, 3.05) is 40.0 Å². The third kappa shape index (κ3) is 3.47. The zero-order valence-electron chi connectivity index (χ0n) is 12.1.